The Bertz CT molecular complexity index is 574. The van der Waals surface area contributed by atoms with Gasteiger partial charge >= 0.3 is 6.18 Å². The molecule has 2 heterocycles. The van der Waals surface area contributed by atoms with Crippen molar-refractivity contribution in [3.05, 3.63) is 34.9 Å². The van der Waals surface area contributed by atoms with Crippen molar-refractivity contribution < 1.29 is 18.0 Å². The van der Waals surface area contributed by atoms with Gasteiger partial charge in [0.25, 0.3) is 5.91 Å². The third-order valence-corrected chi connectivity index (χ3v) is 4.78. The third kappa shape index (κ3) is 3.52. The van der Waals surface area contributed by atoms with Crippen molar-refractivity contribution in [2.45, 2.75) is 37.8 Å². The van der Waals surface area contributed by atoms with Gasteiger partial charge in [-0.15, -0.1) is 0 Å². The SMILES string of the molecule is O=C(c1ccc(C(F)(F)F)c(C2CCNCC2)c1)N1CCCC1. The van der Waals surface area contributed by atoms with Crippen LogP contribution in [0.15, 0.2) is 18.2 Å². The maximum Gasteiger partial charge on any atom is 0.416 e. The van der Waals surface area contributed by atoms with E-state index in [1.807, 2.05) is 0 Å². The van der Waals surface area contributed by atoms with Gasteiger partial charge in [-0.1, -0.05) is 0 Å². The number of likely N-dealkylation sites (tertiary alicyclic amines) is 1. The number of alkyl halides is 3. The van der Waals surface area contributed by atoms with Gasteiger partial charge in [-0.25, -0.2) is 0 Å². The minimum Gasteiger partial charge on any atom is -0.339 e. The van der Waals surface area contributed by atoms with E-state index < -0.39 is 11.7 Å². The number of carbonyl (C=O) groups is 1. The van der Waals surface area contributed by atoms with E-state index in [4.69, 9.17) is 0 Å². The molecule has 1 N–H and O–H groups in total. The molecule has 23 heavy (non-hydrogen) atoms. The lowest BCUT2D eigenvalue weighted by atomic mass is 9.85. The lowest BCUT2D eigenvalue weighted by molar-refractivity contribution is -0.138. The molecule has 0 atom stereocenters. The summed E-state index contributed by atoms with van der Waals surface area (Å²) in [5.41, 5.74) is 0.0693. The van der Waals surface area contributed by atoms with Crippen LogP contribution in [-0.4, -0.2) is 37.0 Å². The number of nitrogens with one attached hydrogen (secondary N) is 1. The summed E-state index contributed by atoms with van der Waals surface area (Å²) in [6.45, 7) is 2.82. The molecule has 0 aliphatic carbocycles. The molecule has 2 saturated heterocycles. The normalized spacial score (nSPS) is 20.0. The smallest absolute Gasteiger partial charge is 0.339 e. The van der Waals surface area contributed by atoms with E-state index in [9.17, 15) is 18.0 Å². The Balaban J connectivity index is 1.95. The van der Waals surface area contributed by atoms with Gasteiger partial charge in [0.05, 0.1) is 5.56 Å². The van der Waals surface area contributed by atoms with Crippen LogP contribution < -0.4 is 5.32 Å². The molecule has 3 nitrogen and oxygen atoms in total. The van der Waals surface area contributed by atoms with Crippen LogP contribution >= 0.6 is 0 Å². The zero-order chi connectivity index (χ0) is 16.4. The van der Waals surface area contributed by atoms with Crippen LogP contribution in [0.2, 0.25) is 0 Å². The summed E-state index contributed by atoms with van der Waals surface area (Å²) in [4.78, 5) is 14.2. The fourth-order valence-electron chi connectivity index (χ4n) is 3.53. The summed E-state index contributed by atoms with van der Waals surface area (Å²) in [5, 5.41) is 3.17. The van der Waals surface area contributed by atoms with Crippen molar-refractivity contribution in [1.82, 2.24) is 10.2 Å². The number of hydrogen-bond donors (Lipinski definition) is 1. The number of benzene rings is 1. The molecule has 126 valence electrons. The van der Waals surface area contributed by atoms with E-state index >= 15 is 0 Å². The summed E-state index contributed by atoms with van der Waals surface area (Å²) in [6.07, 6.45) is -1.11. The molecule has 2 fully saturated rings. The molecule has 0 unspecified atom stereocenters. The predicted molar refractivity (Wildman–Crippen MR) is 81.4 cm³/mol. The minimum atomic E-state index is -4.38. The summed E-state index contributed by atoms with van der Waals surface area (Å²) in [6, 6.07) is 3.90. The van der Waals surface area contributed by atoms with Crippen LogP contribution in [0.4, 0.5) is 13.2 Å². The Kier molecular flexibility index (Phi) is 4.62. The first kappa shape index (κ1) is 16.3. The molecule has 0 bridgehead atoms. The average Bonchev–Trinajstić information content (AvgIpc) is 3.08. The highest BCUT2D eigenvalue weighted by atomic mass is 19.4. The molecule has 1 amide bonds. The number of carbonyl (C=O) groups excluding carboxylic acids is 1. The van der Waals surface area contributed by atoms with Gasteiger partial charge in [-0.2, -0.15) is 13.2 Å². The summed E-state index contributed by atoms with van der Waals surface area (Å²) < 4.78 is 40.0. The lowest BCUT2D eigenvalue weighted by Gasteiger charge is -2.26. The second-order valence-corrected chi connectivity index (χ2v) is 6.32. The highest BCUT2D eigenvalue weighted by Gasteiger charge is 2.36. The van der Waals surface area contributed by atoms with Gasteiger partial charge in [0.15, 0.2) is 0 Å². The van der Waals surface area contributed by atoms with E-state index in [2.05, 4.69) is 5.32 Å². The second kappa shape index (κ2) is 6.51. The Morgan fingerprint density at radius 3 is 2.39 bits per heavy atom. The van der Waals surface area contributed by atoms with Crippen molar-refractivity contribution in [1.29, 1.82) is 0 Å². The Labute approximate surface area is 133 Å². The molecular weight excluding hydrogens is 305 g/mol. The van der Waals surface area contributed by atoms with Gasteiger partial charge in [0.2, 0.25) is 0 Å². The molecule has 0 aromatic heterocycles. The number of rotatable bonds is 2. The predicted octanol–water partition coefficient (Wildman–Crippen LogP) is 3.41. The summed E-state index contributed by atoms with van der Waals surface area (Å²) in [7, 11) is 0. The molecule has 6 heteroatoms. The first-order valence-corrected chi connectivity index (χ1v) is 8.18. The summed E-state index contributed by atoms with van der Waals surface area (Å²) in [5.74, 6) is -0.286. The monoisotopic (exact) mass is 326 g/mol. The van der Waals surface area contributed by atoms with Crippen LogP contribution in [0, 0.1) is 0 Å². The largest absolute Gasteiger partial charge is 0.416 e. The Morgan fingerprint density at radius 1 is 1.13 bits per heavy atom. The topological polar surface area (TPSA) is 32.3 Å². The van der Waals surface area contributed by atoms with Gasteiger partial charge in [0.1, 0.15) is 0 Å². The Morgan fingerprint density at radius 2 is 1.78 bits per heavy atom. The molecule has 0 radical (unpaired) electrons. The zero-order valence-electron chi connectivity index (χ0n) is 13.0. The quantitative estimate of drug-likeness (QED) is 0.903. The Hall–Kier alpha value is -1.56. The molecule has 0 spiro atoms. The number of amides is 1. The van der Waals surface area contributed by atoms with Crippen LogP contribution in [0.25, 0.3) is 0 Å². The van der Waals surface area contributed by atoms with Gasteiger partial charge in [-0.3, -0.25) is 4.79 Å². The fourth-order valence-corrected chi connectivity index (χ4v) is 3.53. The van der Waals surface area contributed by atoms with E-state index in [0.717, 1.165) is 18.9 Å². The minimum absolute atomic E-state index is 0.140. The number of hydrogen-bond acceptors (Lipinski definition) is 2. The fraction of sp³-hybridized carbons (Fsp3) is 0.588. The van der Waals surface area contributed by atoms with Crippen molar-refractivity contribution in [3.63, 3.8) is 0 Å². The van der Waals surface area contributed by atoms with Crippen LogP contribution in [0.3, 0.4) is 0 Å². The van der Waals surface area contributed by atoms with E-state index in [1.54, 1.807) is 4.90 Å². The highest BCUT2D eigenvalue weighted by Crippen LogP contribution is 2.38. The highest BCUT2D eigenvalue weighted by molar-refractivity contribution is 5.94. The average molecular weight is 326 g/mol. The standard InChI is InChI=1S/C17H21F3N2O/c18-17(19,20)15-4-3-13(16(23)22-9-1-2-10-22)11-14(15)12-5-7-21-8-6-12/h3-4,11-12,21H,1-2,5-10H2. The molecule has 1 aromatic rings. The third-order valence-electron chi connectivity index (χ3n) is 4.78. The molecule has 0 saturated carbocycles. The van der Waals surface area contributed by atoms with Crippen molar-refractivity contribution >= 4 is 5.91 Å². The number of halogens is 3. The van der Waals surface area contributed by atoms with E-state index in [-0.39, 0.29) is 17.4 Å². The van der Waals surface area contributed by atoms with Gasteiger partial charge < -0.3 is 10.2 Å². The molecule has 1 aromatic carbocycles. The maximum atomic E-state index is 13.3. The molecule has 2 aliphatic heterocycles. The molecule has 2 aliphatic rings. The van der Waals surface area contributed by atoms with Crippen LogP contribution in [0.1, 0.15) is 53.1 Å². The summed E-state index contributed by atoms with van der Waals surface area (Å²) >= 11 is 0. The molecule has 3 rings (SSSR count). The number of piperidine rings is 1. The van der Waals surface area contributed by atoms with Crippen molar-refractivity contribution in [2.75, 3.05) is 26.2 Å². The van der Waals surface area contributed by atoms with E-state index in [0.29, 0.717) is 44.6 Å². The van der Waals surface area contributed by atoms with Gasteiger partial charge in [0, 0.05) is 18.7 Å². The van der Waals surface area contributed by atoms with E-state index in [1.165, 1.54) is 12.1 Å². The zero-order valence-corrected chi connectivity index (χ0v) is 13.0. The first-order valence-electron chi connectivity index (χ1n) is 8.18. The second-order valence-electron chi connectivity index (χ2n) is 6.32. The number of nitrogens with zero attached hydrogens (tertiary/aromatic N) is 1. The van der Waals surface area contributed by atoms with Crippen LogP contribution in [-0.2, 0) is 6.18 Å². The van der Waals surface area contributed by atoms with Crippen molar-refractivity contribution in [3.8, 4) is 0 Å². The van der Waals surface area contributed by atoms with Crippen molar-refractivity contribution in [2.24, 2.45) is 0 Å². The lowest BCUT2D eigenvalue weighted by Crippen LogP contribution is -2.29. The van der Waals surface area contributed by atoms with Crippen LogP contribution in [0.5, 0.6) is 0 Å². The first-order chi connectivity index (χ1) is 11.0. The molecular formula is C17H21F3N2O. The van der Waals surface area contributed by atoms with Gasteiger partial charge in [-0.05, 0) is 68.5 Å². The maximum absolute atomic E-state index is 13.3.